The van der Waals surface area contributed by atoms with Crippen LogP contribution in [0.2, 0.25) is 0 Å². The second-order valence-corrected chi connectivity index (χ2v) is 7.29. The van der Waals surface area contributed by atoms with Crippen molar-refractivity contribution in [2.24, 2.45) is 17.1 Å². The van der Waals surface area contributed by atoms with Gasteiger partial charge >= 0.3 is 0 Å². The van der Waals surface area contributed by atoms with Crippen LogP contribution in [-0.2, 0) is 6.54 Å². The molecular weight excluding hydrogens is 246 g/mol. The van der Waals surface area contributed by atoms with Crippen LogP contribution in [0.3, 0.4) is 0 Å². The topological polar surface area (TPSA) is 42.1 Å². The van der Waals surface area contributed by atoms with Gasteiger partial charge in [0.1, 0.15) is 0 Å². The summed E-state index contributed by atoms with van der Waals surface area (Å²) in [6.45, 7) is 8.79. The number of pyridine rings is 1. The lowest BCUT2D eigenvalue weighted by Crippen LogP contribution is -2.59. The average Bonchev–Trinajstić information content (AvgIpc) is 2.39. The van der Waals surface area contributed by atoms with Gasteiger partial charge in [0.05, 0.1) is 0 Å². The zero-order valence-corrected chi connectivity index (χ0v) is 13.4. The minimum Gasteiger partial charge on any atom is -0.329 e. The third-order valence-corrected chi connectivity index (χ3v) is 5.27. The first-order chi connectivity index (χ1) is 9.39. The highest BCUT2D eigenvalue weighted by Crippen LogP contribution is 2.46. The molecule has 2 unspecified atom stereocenters. The van der Waals surface area contributed by atoms with E-state index in [1.807, 2.05) is 18.5 Å². The van der Waals surface area contributed by atoms with E-state index in [1.54, 1.807) is 0 Å². The lowest BCUT2D eigenvalue weighted by molar-refractivity contribution is -0.0117. The molecule has 0 aliphatic heterocycles. The van der Waals surface area contributed by atoms with Crippen molar-refractivity contribution in [3.8, 4) is 0 Å². The monoisotopic (exact) mass is 275 g/mol. The number of likely N-dealkylation sites (N-methyl/N-ethyl adjacent to an activating group) is 1. The van der Waals surface area contributed by atoms with E-state index in [2.05, 4.69) is 43.8 Å². The van der Waals surface area contributed by atoms with Gasteiger partial charge in [-0.05, 0) is 49.3 Å². The van der Waals surface area contributed by atoms with Crippen LogP contribution < -0.4 is 5.73 Å². The quantitative estimate of drug-likeness (QED) is 0.918. The van der Waals surface area contributed by atoms with Crippen LogP contribution in [0.1, 0.15) is 45.6 Å². The molecule has 0 bridgehead atoms. The summed E-state index contributed by atoms with van der Waals surface area (Å²) in [7, 11) is 2.22. The Bertz CT molecular complexity index is 429. The summed E-state index contributed by atoms with van der Waals surface area (Å²) in [5.41, 5.74) is 8.06. The first-order valence-electron chi connectivity index (χ1n) is 7.70. The SMILES string of the molecule is CC1CC(C)(C)CCC1(CN)N(C)Cc1cccnc1. The van der Waals surface area contributed by atoms with E-state index in [9.17, 15) is 0 Å². The van der Waals surface area contributed by atoms with E-state index in [0.29, 0.717) is 11.3 Å². The van der Waals surface area contributed by atoms with E-state index < -0.39 is 0 Å². The molecule has 0 aromatic carbocycles. The molecule has 1 aromatic rings. The number of aromatic nitrogens is 1. The van der Waals surface area contributed by atoms with Crippen LogP contribution in [0.25, 0.3) is 0 Å². The molecule has 0 amide bonds. The first-order valence-corrected chi connectivity index (χ1v) is 7.70. The minimum atomic E-state index is 0.130. The number of nitrogens with two attached hydrogens (primary N) is 1. The van der Waals surface area contributed by atoms with Gasteiger partial charge in [-0.3, -0.25) is 9.88 Å². The Morgan fingerprint density at radius 1 is 1.40 bits per heavy atom. The molecular formula is C17H29N3. The second kappa shape index (κ2) is 5.82. The van der Waals surface area contributed by atoms with Gasteiger partial charge in [-0.2, -0.15) is 0 Å². The number of hydrogen-bond acceptors (Lipinski definition) is 3. The van der Waals surface area contributed by atoms with Gasteiger partial charge in [0, 0.05) is 31.0 Å². The molecule has 0 radical (unpaired) electrons. The van der Waals surface area contributed by atoms with Crippen LogP contribution in [0.5, 0.6) is 0 Å². The predicted octanol–water partition coefficient (Wildman–Crippen LogP) is 3.06. The van der Waals surface area contributed by atoms with Crippen molar-refractivity contribution in [1.29, 1.82) is 0 Å². The van der Waals surface area contributed by atoms with Crippen molar-refractivity contribution in [3.63, 3.8) is 0 Å². The maximum Gasteiger partial charge on any atom is 0.0358 e. The summed E-state index contributed by atoms with van der Waals surface area (Å²) in [5, 5.41) is 0. The summed E-state index contributed by atoms with van der Waals surface area (Å²) in [6, 6.07) is 4.15. The van der Waals surface area contributed by atoms with Gasteiger partial charge in [-0.15, -0.1) is 0 Å². The highest BCUT2D eigenvalue weighted by molar-refractivity contribution is 5.10. The van der Waals surface area contributed by atoms with Crippen LogP contribution >= 0.6 is 0 Å². The van der Waals surface area contributed by atoms with E-state index in [4.69, 9.17) is 5.73 Å². The van der Waals surface area contributed by atoms with Crippen LogP contribution in [0.4, 0.5) is 0 Å². The highest BCUT2D eigenvalue weighted by atomic mass is 15.2. The van der Waals surface area contributed by atoms with Gasteiger partial charge in [0.15, 0.2) is 0 Å². The Morgan fingerprint density at radius 2 is 2.15 bits per heavy atom. The van der Waals surface area contributed by atoms with Crippen molar-refractivity contribution < 1.29 is 0 Å². The zero-order valence-electron chi connectivity index (χ0n) is 13.4. The normalized spacial score (nSPS) is 29.6. The highest BCUT2D eigenvalue weighted by Gasteiger charge is 2.45. The van der Waals surface area contributed by atoms with E-state index in [0.717, 1.165) is 13.1 Å². The molecule has 2 atom stereocenters. The van der Waals surface area contributed by atoms with Gasteiger partial charge in [0.2, 0.25) is 0 Å². The average molecular weight is 275 g/mol. The molecule has 1 aromatic heterocycles. The molecule has 1 heterocycles. The van der Waals surface area contributed by atoms with Gasteiger partial charge in [-0.25, -0.2) is 0 Å². The fourth-order valence-corrected chi connectivity index (χ4v) is 3.87. The Labute approximate surface area is 123 Å². The summed E-state index contributed by atoms with van der Waals surface area (Å²) in [6.07, 6.45) is 7.48. The Balaban J connectivity index is 2.14. The van der Waals surface area contributed by atoms with Crippen LogP contribution in [-0.4, -0.2) is 29.0 Å². The van der Waals surface area contributed by atoms with E-state index in [1.165, 1.54) is 24.8 Å². The molecule has 1 aliphatic rings. The molecule has 1 saturated carbocycles. The van der Waals surface area contributed by atoms with Gasteiger partial charge < -0.3 is 5.73 Å². The summed E-state index contributed by atoms with van der Waals surface area (Å²) < 4.78 is 0. The lowest BCUT2D eigenvalue weighted by atomic mass is 9.63. The zero-order chi connectivity index (χ0) is 14.8. The maximum absolute atomic E-state index is 6.21. The Morgan fingerprint density at radius 3 is 2.70 bits per heavy atom. The van der Waals surface area contributed by atoms with Crippen molar-refractivity contribution in [2.45, 2.75) is 52.1 Å². The number of nitrogens with zero attached hydrogens (tertiary/aromatic N) is 2. The Hall–Kier alpha value is -0.930. The third kappa shape index (κ3) is 3.04. The molecule has 3 heteroatoms. The molecule has 2 rings (SSSR count). The molecule has 0 saturated heterocycles. The minimum absolute atomic E-state index is 0.130. The smallest absolute Gasteiger partial charge is 0.0358 e. The Kier molecular flexibility index (Phi) is 4.50. The largest absolute Gasteiger partial charge is 0.329 e. The molecule has 1 aliphatic carbocycles. The van der Waals surface area contributed by atoms with Crippen molar-refractivity contribution in [2.75, 3.05) is 13.6 Å². The van der Waals surface area contributed by atoms with E-state index in [-0.39, 0.29) is 5.54 Å². The standard InChI is InChI=1S/C17H29N3/c1-14-10-16(2,3)7-8-17(14,13-18)20(4)12-15-6-5-9-19-11-15/h5-6,9,11,14H,7-8,10,12-13,18H2,1-4H3. The molecule has 2 N–H and O–H groups in total. The van der Waals surface area contributed by atoms with E-state index >= 15 is 0 Å². The molecule has 1 fully saturated rings. The second-order valence-electron chi connectivity index (χ2n) is 7.29. The predicted molar refractivity (Wildman–Crippen MR) is 84.3 cm³/mol. The summed E-state index contributed by atoms with van der Waals surface area (Å²) >= 11 is 0. The van der Waals surface area contributed by atoms with Gasteiger partial charge in [0.25, 0.3) is 0 Å². The van der Waals surface area contributed by atoms with Crippen molar-refractivity contribution >= 4 is 0 Å². The number of hydrogen-bond donors (Lipinski definition) is 1. The first kappa shape index (κ1) is 15.5. The van der Waals surface area contributed by atoms with Crippen molar-refractivity contribution in [1.82, 2.24) is 9.88 Å². The third-order valence-electron chi connectivity index (χ3n) is 5.27. The fraction of sp³-hybridized carbons (Fsp3) is 0.706. The van der Waals surface area contributed by atoms with Crippen LogP contribution in [0.15, 0.2) is 24.5 Å². The molecule has 112 valence electrons. The summed E-state index contributed by atoms with van der Waals surface area (Å²) in [4.78, 5) is 6.68. The fourth-order valence-electron chi connectivity index (χ4n) is 3.87. The number of rotatable bonds is 4. The molecule has 20 heavy (non-hydrogen) atoms. The summed E-state index contributed by atoms with van der Waals surface area (Å²) in [5.74, 6) is 0.623. The van der Waals surface area contributed by atoms with Crippen LogP contribution in [0, 0.1) is 11.3 Å². The lowest BCUT2D eigenvalue weighted by Gasteiger charge is -2.52. The molecule has 3 nitrogen and oxygen atoms in total. The molecule has 0 spiro atoms. The van der Waals surface area contributed by atoms with Gasteiger partial charge in [-0.1, -0.05) is 26.8 Å². The van der Waals surface area contributed by atoms with Crippen molar-refractivity contribution in [3.05, 3.63) is 30.1 Å². The maximum atomic E-state index is 6.21.